The van der Waals surface area contributed by atoms with Gasteiger partial charge < -0.3 is 10.1 Å². The van der Waals surface area contributed by atoms with Crippen molar-refractivity contribution in [2.45, 2.75) is 0 Å². The van der Waals surface area contributed by atoms with Crippen molar-refractivity contribution in [2.24, 2.45) is 0 Å². The molecule has 1 aliphatic heterocycles. The van der Waals surface area contributed by atoms with Crippen LogP contribution in [0.1, 0.15) is 10.4 Å². The largest absolute Gasteiger partial charge is 0.379 e. The van der Waals surface area contributed by atoms with E-state index in [4.69, 9.17) is 16.3 Å². The van der Waals surface area contributed by atoms with Crippen LogP contribution in [0.15, 0.2) is 16.7 Å². The fourth-order valence-electron chi connectivity index (χ4n) is 1.92. The minimum Gasteiger partial charge on any atom is -0.379 e. The van der Waals surface area contributed by atoms with E-state index in [-0.39, 0.29) is 23.0 Å². The van der Waals surface area contributed by atoms with Gasteiger partial charge >= 0.3 is 0 Å². The number of carbonyl (C=O) groups is 1. The summed E-state index contributed by atoms with van der Waals surface area (Å²) < 4.78 is 31.3. The van der Waals surface area contributed by atoms with E-state index in [9.17, 15) is 13.2 Å². The number of halogens is 2. The summed E-state index contributed by atoms with van der Waals surface area (Å²) in [5, 5.41) is 2.61. The summed E-state index contributed by atoms with van der Waals surface area (Å²) in [6, 6.07) is 1.53. The summed E-state index contributed by atoms with van der Waals surface area (Å²) in [5.41, 5.74) is 0.194. The van der Waals surface area contributed by atoms with Gasteiger partial charge in [-0.15, -0.1) is 0 Å². The Balaban J connectivity index is 1.90. The van der Waals surface area contributed by atoms with E-state index in [2.05, 4.69) is 26.2 Å². The quantitative estimate of drug-likeness (QED) is 0.726. The molecule has 0 aliphatic carbocycles. The minimum atomic E-state index is -3.40. The molecule has 122 valence electrons. The van der Waals surface area contributed by atoms with Crippen LogP contribution in [0.25, 0.3) is 0 Å². The lowest BCUT2D eigenvalue weighted by Gasteiger charge is -2.26. The molecule has 1 aliphatic rings. The molecule has 22 heavy (non-hydrogen) atoms. The third kappa shape index (κ3) is 4.63. The predicted octanol–water partition coefficient (Wildman–Crippen LogP) is 0.889. The maximum atomic E-state index is 12.1. The predicted molar refractivity (Wildman–Crippen MR) is 85.5 cm³/mol. The highest BCUT2D eigenvalue weighted by atomic mass is 79.9. The normalized spacial score (nSPS) is 16.5. The zero-order valence-corrected chi connectivity index (χ0v) is 14.7. The number of hydrogen-bond donors (Lipinski definition) is 1. The van der Waals surface area contributed by atoms with Crippen molar-refractivity contribution in [3.8, 4) is 0 Å². The summed E-state index contributed by atoms with van der Waals surface area (Å²) >= 11 is 9.05. The number of carbonyl (C=O) groups excluding carboxylic acids is 1. The number of ether oxygens (including phenoxy) is 1. The van der Waals surface area contributed by atoms with Crippen molar-refractivity contribution in [1.82, 2.24) is 14.6 Å². The molecule has 1 fully saturated rings. The number of morpholine rings is 1. The Labute approximate surface area is 142 Å². The van der Waals surface area contributed by atoms with Gasteiger partial charge in [0.25, 0.3) is 5.91 Å². The second-order valence-corrected chi connectivity index (χ2v) is 7.94. The first-order chi connectivity index (χ1) is 10.4. The van der Waals surface area contributed by atoms with Crippen LogP contribution in [-0.4, -0.2) is 62.2 Å². The summed E-state index contributed by atoms with van der Waals surface area (Å²) in [5.74, 6) is -0.631. The van der Waals surface area contributed by atoms with E-state index in [0.717, 1.165) is 0 Å². The smallest absolute Gasteiger partial charge is 0.254 e. The van der Waals surface area contributed by atoms with Crippen molar-refractivity contribution in [3.05, 3.63) is 27.5 Å². The molecule has 1 aromatic rings. The maximum absolute atomic E-state index is 12.1. The van der Waals surface area contributed by atoms with E-state index in [0.29, 0.717) is 30.8 Å². The molecule has 2 rings (SSSR count). The number of nitrogens with one attached hydrogen (secondary N) is 1. The van der Waals surface area contributed by atoms with Gasteiger partial charge in [0.05, 0.1) is 24.5 Å². The standard InChI is InChI=1S/C12H15BrClN3O4S/c13-9-7-10(11(14)16-8-9)12(18)15-1-6-22(19,20)17-2-4-21-5-3-17/h7-8H,1-6H2,(H,15,18). The summed E-state index contributed by atoms with van der Waals surface area (Å²) in [4.78, 5) is 15.8. The van der Waals surface area contributed by atoms with Gasteiger partial charge in [-0.25, -0.2) is 13.4 Å². The van der Waals surface area contributed by atoms with E-state index in [1.54, 1.807) is 0 Å². The Kier molecular flexibility index (Phi) is 6.16. The molecule has 2 heterocycles. The second-order valence-electron chi connectivity index (χ2n) is 4.58. The molecule has 7 nitrogen and oxygen atoms in total. The van der Waals surface area contributed by atoms with Gasteiger partial charge in [-0.3, -0.25) is 4.79 Å². The monoisotopic (exact) mass is 411 g/mol. The van der Waals surface area contributed by atoms with Crippen molar-refractivity contribution in [1.29, 1.82) is 0 Å². The summed E-state index contributed by atoms with van der Waals surface area (Å²) in [6.45, 7) is 1.48. The summed E-state index contributed by atoms with van der Waals surface area (Å²) in [7, 11) is -3.40. The molecular weight excluding hydrogens is 398 g/mol. The van der Waals surface area contributed by atoms with Gasteiger partial charge in [0, 0.05) is 30.3 Å². The summed E-state index contributed by atoms with van der Waals surface area (Å²) in [6.07, 6.45) is 1.47. The van der Waals surface area contributed by atoms with Crippen LogP contribution >= 0.6 is 27.5 Å². The highest BCUT2D eigenvalue weighted by molar-refractivity contribution is 9.10. The van der Waals surface area contributed by atoms with E-state index >= 15 is 0 Å². The lowest BCUT2D eigenvalue weighted by atomic mass is 10.3. The van der Waals surface area contributed by atoms with Crippen molar-refractivity contribution < 1.29 is 17.9 Å². The SMILES string of the molecule is O=C(NCCS(=O)(=O)N1CCOCC1)c1cc(Br)cnc1Cl. The molecule has 1 N–H and O–H groups in total. The number of amides is 1. The zero-order chi connectivity index (χ0) is 16.2. The molecule has 1 amide bonds. The minimum absolute atomic E-state index is 0.00136. The Morgan fingerprint density at radius 3 is 2.82 bits per heavy atom. The van der Waals surface area contributed by atoms with Gasteiger partial charge in [-0.05, 0) is 22.0 Å². The third-order valence-corrected chi connectivity index (χ3v) is 5.67. The average molecular weight is 413 g/mol. The fourth-order valence-corrected chi connectivity index (χ4v) is 3.77. The number of hydrogen-bond acceptors (Lipinski definition) is 5. The topological polar surface area (TPSA) is 88.6 Å². The van der Waals surface area contributed by atoms with Gasteiger partial charge in [-0.2, -0.15) is 4.31 Å². The van der Waals surface area contributed by atoms with Crippen molar-refractivity contribution in [2.75, 3.05) is 38.6 Å². The van der Waals surface area contributed by atoms with Crippen LogP contribution in [0.4, 0.5) is 0 Å². The number of nitrogens with zero attached hydrogens (tertiary/aromatic N) is 2. The van der Waals surface area contributed by atoms with Crippen molar-refractivity contribution >= 4 is 43.5 Å². The van der Waals surface area contributed by atoms with Gasteiger partial charge in [0.15, 0.2) is 0 Å². The van der Waals surface area contributed by atoms with Gasteiger partial charge in [-0.1, -0.05) is 11.6 Å². The molecule has 1 aromatic heterocycles. The molecule has 0 atom stereocenters. The molecule has 0 bridgehead atoms. The fraction of sp³-hybridized carbons (Fsp3) is 0.500. The number of aromatic nitrogens is 1. The van der Waals surface area contributed by atoms with Crippen LogP contribution in [0, 0.1) is 0 Å². The molecule has 0 unspecified atom stereocenters. The lowest BCUT2D eigenvalue weighted by Crippen LogP contribution is -2.43. The molecule has 10 heteroatoms. The lowest BCUT2D eigenvalue weighted by molar-refractivity contribution is 0.0730. The number of pyridine rings is 1. The number of rotatable bonds is 5. The maximum Gasteiger partial charge on any atom is 0.254 e. The number of sulfonamides is 1. The van der Waals surface area contributed by atoms with Crippen LogP contribution in [0.2, 0.25) is 5.15 Å². The molecule has 0 radical (unpaired) electrons. The average Bonchev–Trinajstić information content (AvgIpc) is 2.50. The van der Waals surface area contributed by atoms with Gasteiger partial charge in [0.2, 0.25) is 10.0 Å². The first-order valence-corrected chi connectivity index (χ1v) is 9.33. The first-order valence-electron chi connectivity index (χ1n) is 6.55. The zero-order valence-electron chi connectivity index (χ0n) is 11.6. The Morgan fingerprint density at radius 2 is 2.14 bits per heavy atom. The van der Waals surface area contributed by atoms with E-state index in [1.807, 2.05) is 0 Å². The molecule has 0 saturated carbocycles. The first kappa shape index (κ1) is 17.6. The van der Waals surface area contributed by atoms with Crippen LogP contribution in [0.5, 0.6) is 0 Å². The third-order valence-electron chi connectivity index (χ3n) is 3.06. The molecule has 0 spiro atoms. The van der Waals surface area contributed by atoms with Gasteiger partial charge in [0.1, 0.15) is 5.15 Å². The molecule has 1 saturated heterocycles. The Morgan fingerprint density at radius 1 is 1.45 bits per heavy atom. The van der Waals surface area contributed by atoms with Crippen LogP contribution < -0.4 is 5.32 Å². The van der Waals surface area contributed by atoms with E-state index in [1.165, 1.54) is 16.6 Å². The Bertz CT molecular complexity index is 650. The highest BCUT2D eigenvalue weighted by Crippen LogP contribution is 2.17. The van der Waals surface area contributed by atoms with Crippen molar-refractivity contribution in [3.63, 3.8) is 0 Å². The van der Waals surface area contributed by atoms with E-state index < -0.39 is 15.9 Å². The Hall–Kier alpha value is -0.740. The van der Waals surface area contributed by atoms with Crippen LogP contribution in [-0.2, 0) is 14.8 Å². The highest BCUT2D eigenvalue weighted by Gasteiger charge is 2.24. The van der Waals surface area contributed by atoms with Crippen LogP contribution in [0.3, 0.4) is 0 Å². The molecular formula is C12H15BrClN3O4S. The second kappa shape index (κ2) is 7.69. The molecule has 0 aromatic carbocycles.